The maximum Gasteiger partial charge on any atom is 0.408 e. The Labute approximate surface area is 195 Å². The third-order valence-corrected chi connectivity index (χ3v) is 4.54. The molecule has 10 heteroatoms. The highest BCUT2D eigenvalue weighted by Crippen LogP contribution is 2.11. The number of carbonyl (C=O) groups is 4. The molecule has 0 saturated heterocycles. The van der Waals surface area contributed by atoms with E-state index >= 15 is 0 Å². The molecule has 0 heterocycles. The zero-order valence-electron chi connectivity index (χ0n) is 20.2. The Morgan fingerprint density at radius 1 is 1.03 bits per heavy atom. The summed E-state index contributed by atoms with van der Waals surface area (Å²) >= 11 is 0. The van der Waals surface area contributed by atoms with Crippen LogP contribution >= 0.6 is 0 Å². The molecule has 0 bridgehead atoms. The van der Waals surface area contributed by atoms with Crippen LogP contribution in [0.15, 0.2) is 30.3 Å². The van der Waals surface area contributed by atoms with Crippen LogP contribution in [-0.4, -0.2) is 58.3 Å². The van der Waals surface area contributed by atoms with Crippen molar-refractivity contribution < 1.29 is 29.1 Å². The van der Waals surface area contributed by atoms with E-state index in [2.05, 4.69) is 16.0 Å². The minimum atomic E-state index is -0.990. The number of carbonyl (C=O) groups excluding carboxylic acids is 4. The van der Waals surface area contributed by atoms with Gasteiger partial charge in [-0.05, 0) is 45.6 Å². The molecule has 0 saturated carbocycles. The Balaban J connectivity index is 2.57. The third kappa shape index (κ3) is 10.3. The molecule has 184 valence electrons. The van der Waals surface area contributed by atoms with Gasteiger partial charge in [0.25, 0.3) is 5.91 Å². The van der Waals surface area contributed by atoms with Crippen molar-refractivity contribution in [3.63, 3.8) is 0 Å². The number of hydroxylamine groups is 2. The van der Waals surface area contributed by atoms with Crippen LogP contribution in [0.3, 0.4) is 0 Å². The molecule has 0 aliphatic rings. The van der Waals surface area contributed by atoms with Crippen LogP contribution in [0.5, 0.6) is 0 Å². The molecule has 33 heavy (non-hydrogen) atoms. The Hall–Kier alpha value is -3.14. The molecule has 1 aromatic carbocycles. The summed E-state index contributed by atoms with van der Waals surface area (Å²) in [6.45, 7) is 9.83. The molecule has 0 aromatic heterocycles. The monoisotopic (exact) mass is 464 g/mol. The summed E-state index contributed by atoms with van der Waals surface area (Å²) in [6.07, 6.45) is -0.401. The van der Waals surface area contributed by atoms with Crippen molar-refractivity contribution in [1.29, 1.82) is 0 Å². The largest absolute Gasteiger partial charge is 0.445 e. The standard InChI is InChI=1S/C23H36N4O6/c1-15(2)12-18(26-22(31)33-14-17-10-8-7-9-11-17)20(29)24-13-19(28)25-16(3)21(30)27(32)23(4,5)6/h7-11,15-16,18,32H,12-14H2,1-6H3,(H,24,29)(H,25,28)(H,26,31)/t16-,18-/m0/s1. The van der Waals surface area contributed by atoms with E-state index in [0.717, 1.165) is 5.56 Å². The highest BCUT2D eigenvalue weighted by molar-refractivity contribution is 5.91. The van der Waals surface area contributed by atoms with Gasteiger partial charge in [-0.25, -0.2) is 9.86 Å². The maximum atomic E-state index is 12.6. The number of nitrogens with one attached hydrogen (secondary N) is 3. The van der Waals surface area contributed by atoms with Gasteiger partial charge in [0.1, 0.15) is 18.7 Å². The summed E-state index contributed by atoms with van der Waals surface area (Å²) < 4.78 is 5.17. The first-order chi connectivity index (χ1) is 15.3. The number of benzene rings is 1. The van der Waals surface area contributed by atoms with Crippen LogP contribution in [-0.2, 0) is 25.7 Å². The maximum absolute atomic E-state index is 12.6. The fraction of sp³-hybridized carbons (Fsp3) is 0.565. The Morgan fingerprint density at radius 3 is 2.18 bits per heavy atom. The summed E-state index contributed by atoms with van der Waals surface area (Å²) in [5, 5.41) is 17.9. The lowest BCUT2D eigenvalue weighted by Crippen LogP contribution is -2.54. The predicted molar refractivity (Wildman–Crippen MR) is 122 cm³/mol. The van der Waals surface area contributed by atoms with E-state index in [0.29, 0.717) is 11.5 Å². The molecule has 0 radical (unpaired) electrons. The average molecular weight is 465 g/mol. The molecule has 0 spiro atoms. The van der Waals surface area contributed by atoms with Crippen molar-refractivity contribution in [2.75, 3.05) is 6.54 Å². The molecular weight excluding hydrogens is 428 g/mol. The zero-order valence-corrected chi connectivity index (χ0v) is 20.2. The quantitative estimate of drug-likeness (QED) is 0.309. The van der Waals surface area contributed by atoms with Gasteiger partial charge in [-0.15, -0.1) is 0 Å². The van der Waals surface area contributed by atoms with Gasteiger partial charge < -0.3 is 20.7 Å². The van der Waals surface area contributed by atoms with Crippen LogP contribution in [0.4, 0.5) is 4.79 Å². The van der Waals surface area contributed by atoms with Gasteiger partial charge in [0.2, 0.25) is 11.8 Å². The van der Waals surface area contributed by atoms with Crippen molar-refractivity contribution in [1.82, 2.24) is 21.0 Å². The van der Waals surface area contributed by atoms with E-state index in [1.54, 1.807) is 20.8 Å². The number of amides is 4. The smallest absolute Gasteiger partial charge is 0.408 e. The summed E-state index contributed by atoms with van der Waals surface area (Å²) in [7, 11) is 0. The summed E-state index contributed by atoms with van der Waals surface area (Å²) in [4.78, 5) is 49.1. The van der Waals surface area contributed by atoms with Crippen LogP contribution < -0.4 is 16.0 Å². The van der Waals surface area contributed by atoms with Crippen molar-refractivity contribution >= 4 is 23.8 Å². The van der Waals surface area contributed by atoms with E-state index in [1.165, 1.54) is 6.92 Å². The Bertz CT molecular complexity index is 807. The second-order valence-electron chi connectivity index (χ2n) is 9.22. The molecule has 1 rings (SSSR count). The lowest BCUT2D eigenvalue weighted by Gasteiger charge is -2.31. The molecule has 1 aromatic rings. The Kier molecular flexibility index (Phi) is 10.8. The van der Waals surface area contributed by atoms with Crippen LogP contribution in [0.25, 0.3) is 0 Å². The van der Waals surface area contributed by atoms with Crippen LogP contribution in [0, 0.1) is 5.92 Å². The number of hydrogen-bond acceptors (Lipinski definition) is 6. The second kappa shape index (κ2) is 12.8. The van der Waals surface area contributed by atoms with Crippen molar-refractivity contribution in [3.05, 3.63) is 35.9 Å². The minimum absolute atomic E-state index is 0.0630. The topological polar surface area (TPSA) is 137 Å². The highest BCUT2D eigenvalue weighted by atomic mass is 16.5. The SMILES string of the molecule is CC(C)C[C@H](NC(=O)OCc1ccccc1)C(=O)NCC(=O)N[C@@H](C)C(=O)N(O)C(C)(C)C. The van der Waals surface area contributed by atoms with Crippen molar-refractivity contribution in [2.45, 2.75) is 72.2 Å². The van der Waals surface area contributed by atoms with Gasteiger partial charge in [-0.2, -0.15) is 0 Å². The van der Waals surface area contributed by atoms with Gasteiger partial charge in [0, 0.05) is 0 Å². The number of alkyl carbamates (subject to hydrolysis) is 1. The van der Waals surface area contributed by atoms with Crippen molar-refractivity contribution in [3.8, 4) is 0 Å². The number of rotatable bonds is 10. The summed E-state index contributed by atoms with van der Waals surface area (Å²) in [5.41, 5.74) is -0.0134. The molecule has 0 unspecified atom stereocenters. The molecule has 10 nitrogen and oxygen atoms in total. The molecule has 4 amide bonds. The number of nitrogens with zero attached hydrogens (tertiary/aromatic N) is 1. The van der Waals surface area contributed by atoms with Gasteiger partial charge in [-0.1, -0.05) is 44.2 Å². The first-order valence-corrected chi connectivity index (χ1v) is 10.9. The van der Waals surface area contributed by atoms with Crippen LogP contribution in [0.1, 0.15) is 53.5 Å². The van der Waals surface area contributed by atoms with E-state index in [9.17, 15) is 24.4 Å². The fourth-order valence-corrected chi connectivity index (χ4v) is 2.77. The summed E-state index contributed by atoms with van der Waals surface area (Å²) in [6, 6.07) is 7.24. The Morgan fingerprint density at radius 2 is 1.64 bits per heavy atom. The van der Waals surface area contributed by atoms with E-state index in [-0.39, 0.29) is 12.5 Å². The van der Waals surface area contributed by atoms with Crippen LogP contribution in [0.2, 0.25) is 0 Å². The molecule has 2 atom stereocenters. The summed E-state index contributed by atoms with van der Waals surface area (Å²) in [5.74, 6) is -1.74. The molecule has 0 fully saturated rings. The van der Waals surface area contributed by atoms with Gasteiger partial charge in [0.05, 0.1) is 12.1 Å². The molecular formula is C23H36N4O6. The zero-order chi connectivity index (χ0) is 25.2. The normalized spacial score (nSPS) is 13.0. The number of hydrogen-bond donors (Lipinski definition) is 4. The van der Waals surface area contributed by atoms with E-state index in [1.807, 2.05) is 44.2 Å². The highest BCUT2D eigenvalue weighted by Gasteiger charge is 2.30. The van der Waals surface area contributed by atoms with Gasteiger partial charge in [-0.3, -0.25) is 19.6 Å². The molecule has 4 N–H and O–H groups in total. The molecule has 0 aliphatic heterocycles. The minimum Gasteiger partial charge on any atom is -0.445 e. The lowest BCUT2D eigenvalue weighted by molar-refractivity contribution is -0.189. The fourth-order valence-electron chi connectivity index (χ4n) is 2.77. The second-order valence-corrected chi connectivity index (χ2v) is 9.22. The first kappa shape index (κ1) is 27.9. The van der Waals surface area contributed by atoms with Gasteiger partial charge >= 0.3 is 6.09 Å². The number of ether oxygens (including phenoxy) is 1. The van der Waals surface area contributed by atoms with E-state index < -0.39 is 48.0 Å². The van der Waals surface area contributed by atoms with Gasteiger partial charge in [0.15, 0.2) is 0 Å². The lowest BCUT2D eigenvalue weighted by atomic mass is 10.0. The van der Waals surface area contributed by atoms with Crippen molar-refractivity contribution in [2.24, 2.45) is 5.92 Å². The molecule has 0 aliphatic carbocycles. The average Bonchev–Trinajstić information content (AvgIpc) is 2.74. The third-order valence-electron chi connectivity index (χ3n) is 4.54. The predicted octanol–water partition coefficient (Wildman–Crippen LogP) is 1.96. The van der Waals surface area contributed by atoms with E-state index in [4.69, 9.17) is 4.74 Å². The first-order valence-electron chi connectivity index (χ1n) is 10.9.